The number of rotatable bonds is 3. The Bertz CT molecular complexity index is 694. The number of nitrogens with one attached hydrogen (secondary N) is 2. The lowest BCUT2D eigenvalue weighted by Gasteiger charge is -2.05. The molecule has 2 aromatic rings. The maximum Gasteiger partial charge on any atom is 0.278 e. The van der Waals surface area contributed by atoms with E-state index in [9.17, 15) is 8.42 Å². The molecule has 0 aliphatic carbocycles. The van der Waals surface area contributed by atoms with Crippen LogP contribution in [0.15, 0.2) is 41.8 Å². The topological polar surface area (TPSA) is 101 Å². The summed E-state index contributed by atoms with van der Waals surface area (Å²) in [6.45, 7) is 0.286. The van der Waals surface area contributed by atoms with E-state index < -0.39 is 10.0 Å². The highest BCUT2D eigenvalue weighted by Crippen LogP contribution is 2.14. The van der Waals surface area contributed by atoms with Gasteiger partial charge >= 0.3 is 0 Å². The van der Waals surface area contributed by atoms with Crippen LogP contribution in [0.4, 0.5) is 5.69 Å². The highest BCUT2D eigenvalue weighted by Gasteiger charge is 2.15. The number of nitrogens with two attached hydrogens (primary N) is 1. The van der Waals surface area contributed by atoms with E-state index in [4.69, 9.17) is 5.73 Å². The van der Waals surface area contributed by atoms with Crippen molar-refractivity contribution in [2.24, 2.45) is 5.73 Å². The first kappa shape index (κ1) is 13.1. The van der Waals surface area contributed by atoms with Crippen molar-refractivity contribution in [2.75, 3.05) is 11.3 Å². The minimum Gasteiger partial charge on any atom is -0.334 e. The van der Waals surface area contributed by atoms with Crippen molar-refractivity contribution in [3.63, 3.8) is 0 Å². The molecule has 4 N–H and O–H groups in total. The molecule has 1 aromatic heterocycles. The van der Waals surface area contributed by atoms with E-state index in [1.165, 1.54) is 12.5 Å². The van der Waals surface area contributed by atoms with Gasteiger partial charge in [-0.25, -0.2) is 4.98 Å². The molecule has 6 nitrogen and oxygen atoms in total. The van der Waals surface area contributed by atoms with Crippen molar-refractivity contribution in [1.82, 2.24) is 9.97 Å². The summed E-state index contributed by atoms with van der Waals surface area (Å²) in [5, 5.41) is 0.0134. The summed E-state index contributed by atoms with van der Waals surface area (Å²) in [6, 6.07) is 6.70. The second-order valence-electron chi connectivity index (χ2n) is 3.60. The number of sulfonamides is 1. The summed E-state index contributed by atoms with van der Waals surface area (Å²) < 4.78 is 26.2. The Morgan fingerprint density at radius 3 is 2.63 bits per heavy atom. The van der Waals surface area contributed by atoms with Crippen molar-refractivity contribution < 1.29 is 8.42 Å². The summed E-state index contributed by atoms with van der Waals surface area (Å²) in [6.07, 6.45) is 2.55. The van der Waals surface area contributed by atoms with Gasteiger partial charge in [-0.1, -0.05) is 11.8 Å². The third-order valence-corrected chi connectivity index (χ3v) is 3.54. The van der Waals surface area contributed by atoms with E-state index >= 15 is 0 Å². The number of benzene rings is 1. The van der Waals surface area contributed by atoms with E-state index in [0.29, 0.717) is 5.69 Å². The van der Waals surface area contributed by atoms with Gasteiger partial charge in [0.15, 0.2) is 5.03 Å². The summed E-state index contributed by atoms with van der Waals surface area (Å²) in [5.41, 5.74) is 6.49. The van der Waals surface area contributed by atoms with Crippen LogP contribution in [0, 0.1) is 11.8 Å². The molecule has 2 rings (SSSR count). The van der Waals surface area contributed by atoms with Gasteiger partial charge in [0.1, 0.15) is 0 Å². The molecule has 0 aliphatic heterocycles. The Balaban J connectivity index is 2.16. The molecule has 19 heavy (non-hydrogen) atoms. The predicted molar refractivity (Wildman–Crippen MR) is 71.8 cm³/mol. The number of anilines is 1. The van der Waals surface area contributed by atoms with Crippen molar-refractivity contribution in [1.29, 1.82) is 0 Å². The van der Waals surface area contributed by atoms with Crippen LogP contribution >= 0.6 is 0 Å². The maximum absolute atomic E-state index is 11.9. The Morgan fingerprint density at radius 1 is 1.32 bits per heavy atom. The first-order chi connectivity index (χ1) is 9.12. The zero-order valence-corrected chi connectivity index (χ0v) is 10.7. The van der Waals surface area contributed by atoms with Crippen LogP contribution in [-0.4, -0.2) is 24.9 Å². The maximum atomic E-state index is 11.9. The van der Waals surface area contributed by atoms with Crippen molar-refractivity contribution in [3.8, 4) is 11.8 Å². The zero-order chi connectivity index (χ0) is 13.7. The first-order valence-corrected chi connectivity index (χ1v) is 6.90. The number of hydrogen-bond acceptors (Lipinski definition) is 4. The average Bonchev–Trinajstić information content (AvgIpc) is 2.92. The van der Waals surface area contributed by atoms with Crippen LogP contribution in [0.3, 0.4) is 0 Å². The Kier molecular flexibility index (Phi) is 3.85. The molecule has 1 aromatic carbocycles. The standard InChI is InChI=1S/C12H12N4O2S/c13-7-1-2-10-3-5-11(6-4-10)16-19(17,18)12-8-14-9-15-12/h3-6,8-9,16H,7,13H2,(H,14,15). The third kappa shape index (κ3) is 3.34. The lowest BCUT2D eigenvalue weighted by atomic mass is 10.2. The van der Waals surface area contributed by atoms with Gasteiger partial charge in [-0.05, 0) is 24.3 Å². The van der Waals surface area contributed by atoms with E-state index in [1.54, 1.807) is 24.3 Å². The third-order valence-electron chi connectivity index (χ3n) is 2.23. The van der Waals surface area contributed by atoms with Gasteiger partial charge in [0, 0.05) is 11.3 Å². The largest absolute Gasteiger partial charge is 0.334 e. The fraction of sp³-hybridized carbons (Fsp3) is 0.0833. The van der Waals surface area contributed by atoms with Gasteiger partial charge in [-0.3, -0.25) is 4.72 Å². The Hall–Kier alpha value is -2.30. The summed E-state index contributed by atoms with van der Waals surface area (Å²) in [5.74, 6) is 5.57. The fourth-order valence-corrected chi connectivity index (χ4v) is 2.34. The van der Waals surface area contributed by atoms with E-state index in [2.05, 4.69) is 26.5 Å². The molecule has 0 radical (unpaired) electrons. The molecular formula is C12H12N4O2S. The summed E-state index contributed by atoms with van der Waals surface area (Å²) in [7, 11) is -3.62. The average molecular weight is 276 g/mol. The molecule has 0 fully saturated rings. The summed E-state index contributed by atoms with van der Waals surface area (Å²) >= 11 is 0. The second-order valence-corrected chi connectivity index (χ2v) is 5.26. The van der Waals surface area contributed by atoms with Crippen molar-refractivity contribution in [2.45, 2.75) is 5.03 Å². The molecule has 0 unspecified atom stereocenters. The van der Waals surface area contributed by atoms with Crippen molar-refractivity contribution >= 4 is 15.7 Å². The van der Waals surface area contributed by atoms with E-state index in [-0.39, 0.29) is 11.6 Å². The molecule has 0 bridgehead atoms. The number of nitrogens with zero attached hydrogens (tertiary/aromatic N) is 1. The van der Waals surface area contributed by atoms with Crippen LogP contribution in [0.5, 0.6) is 0 Å². The molecule has 98 valence electrons. The minimum absolute atomic E-state index is 0.0134. The number of H-pyrrole nitrogens is 1. The molecule has 0 atom stereocenters. The highest BCUT2D eigenvalue weighted by atomic mass is 32.2. The Labute approximate surface area is 111 Å². The van der Waals surface area contributed by atoms with Crippen LogP contribution < -0.4 is 10.5 Å². The second kappa shape index (κ2) is 5.56. The summed E-state index contributed by atoms with van der Waals surface area (Å²) in [4.78, 5) is 6.21. The van der Waals surface area contributed by atoms with Crippen molar-refractivity contribution in [3.05, 3.63) is 42.4 Å². The van der Waals surface area contributed by atoms with Crippen LogP contribution in [0.25, 0.3) is 0 Å². The molecule has 0 saturated heterocycles. The molecule has 0 aliphatic rings. The normalized spacial score (nSPS) is 10.6. The fourth-order valence-electron chi connectivity index (χ4n) is 1.37. The Morgan fingerprint density at radius 2 is 2.05 bits per heavy atom. The monoisotopic (exact) mass is 276 g/mol. The lowest BCUT2D eigenvalue weighted by molar-refractivity contribution is 0.598. The lowest BCUT2D eigenvalue weighted by Crippen LogP contribution is -2.13. The number of aromatic nitrogens is 2. The number of hydrogen-bond donors (Lipinski definition) is 3. The number of imidazole rings is 1. The van der Waals surface area contributed by atoms with Gasteiger partial charge < -0.3 is 10.7 Å². The molecule has 7 heteroatoms. The predicted octanol–water partition coefficient (Wildman–Crippen LogP) is 0.521. The van der Waals surface area contributed by atoms with Gasteiger partial charge in [0.05, 0.1) is 19.1 Å². The molecule has 1 heterocycles. The molecule has 0 amide bonds. The van der Waals surface area contributed by atoms with Crippen LogP contribution in [0.1, 0.15) is 5.56 Å². The quantitative estimate of drug-likeness (QED) is 0.711. The van der Waals surface area contributed by atoms with Gasteiger partial charge in [-0.2, -0.15) is 8.42 Å². The van der Waals surface area contributed by atoms with E-state index in [0.717, 1.165) is 5.56 Å². The molecule has 0 saturated carbocycles. The van der Waals surface area contributed by atoms with Gasteiger partial charge in [0.25, 0.3) is 10.0 Å². The van der Waals surface area contributed by atoms with Gasteiger partial charge in [-0.15, -0.1) is 0 Å². The molecule has 0 spiro atoms. The smallest absolute Gasteiger partial charge is 0.278 e. The van der Waals surface area contributed by atoms with Crippen LogP contribution in [-0.2, 0) is 10.0 Å². The highest BCUT2D eigenvalue weighted by molar-refractivity contribution is 7.92. The van der Waals surface area contributed by atoms with Crippen LogP contribution in [0.2, 0.25) is 0 Å². The number of aromatic amines is 1. The SMILES string of the molecule is NCC#Cc1ccc(NS(=O)(=O)c2cnc[nH]2)cc1. The first-order valence-electron chi connectivity index (χ1n) is 5.42. The molecular weight excluding hydrogens is 264 g/mol. The van der Waals surface area contributed by atoms with Gasteiger partial charge in [0.2, 0.25) is 0 Å². The minimum atomic E-state index is -3.62. The zero-order valence-electron chi connectivity index (χ0n) is 9.92. The van der Waals surface area contributed by atoms with E-state index in [1.807, 2.05) is 0 Å².